The number of aromatic amines is 1. The molecule has 3 aromatic heterocycles. The van der Waals surface area contributed by atoms with Crippen molar-refractivity contribution in [3.8, 4) is 5.88 Å². The maximum atomic E-state index is 13.2. The van der Waals surface area contributed by atoms with Crippen LogP contribution in [0.1, 0.15) is 51.3 Å². The van der Waals surface area contributed by atoms with Crippen LogP contribution in [-0.2, 0) is 6.54 Å². The molecule has 0 aliphatic heterocycles. The predicted octanol–water partition coefficient (Wildman–Crippen LogP) is 8.15. The van der Waals surface area contributed by atoms with Crippen molar-refractivity contribution in [1.82, 2.24) is 25.6 Å². The quantitative estimate of drug-likeness (QED) is 0.123. The number of ether oxygens (including phenoxy) is 1. The van der Waals surface area contributed by atoms with Crippen molar-refractivity contribution in [2.45, 2.75) is 50.9 Å². The molecule has 0 spiro atoms. The van der Waals surface area contributed by atoms with Crippen molar-refractivity contribution in [3.05, 3.63) is 60.7 Å². The fourth-order valence-electron chi connectivity index (χ4n) is 4.89. The van der Waals surface area contributed by atoms with E-state index in [4.69, 9.17) is 39.5 Å². The number of hydrogen-bond donors (Lipinski definition) is 4. The zero-order valence-electron chi connectivity index (χ0n) is 23.4. The number of halogens is 8. The van der Waals surface area contributed by atoms with E-state index in [9.17, 15) is 31.5 Å². The van der Waals surface area contributed by atoms with Gasteiger partial charge in [-0.2, -0.15) is 23.1 Å². The molecule has 3 heterocycles. The summed E-state index contributed by atoms with van der Waals surface area (Å²) in [5.41, 5.74) is 0.754. The third kappa shape index (κ3) is 8.11. The van der Waals surface area contributed by atoms with Gasteiger partial charge >= 0.3 is 6.18 Å². The number of pyridine rings is 1. The monoisotopic (exact) mass is 724 g/mol. The molecule has 1 aromatic carbocycles. The molecule has 18 heteroatoms. The van der Waals surface area contributed by atoms with E-state index in [2.05, 4.69) is 30.9 Å². The van der Waals surface area contributed by atoms with E-state index in [1.807, 2.05) is 0 Å². The molecule has 5 rings (SSSR count). The van der Waals surface area contributed by atoms with Gasteiger partial charge < -0.3 is 25.7 Å². The van der Waals surface area contributed by atoms with Crippen molar-refractivity contribution in [1.29, 1.82) is 0 Å². The average molecular weight is 726 g/mol. The molecule has 1 aliphatic carbocycles. The van der Waals surface area contributed by atoms with Crippen LogP contribution in [-0.4, -0.2) is 52.0 Å². The van der Waals surface area contributed by atoms with Gasteiger partial charge in [0.2, 0.25) is 11.8 Å². The van der Waals surface area contributed by atoms with Gasteiger partial charge in [0.05, 0.1) is 36.4 Å². The number of rotatable bonds is 10. The topological polar surface area (TPSA) is 121 Å². The number of amides is 2. The van der Waals surface area contributed by atoms with Crippen LogP contribution in [0.15, 0.2) is 30.3 Å². The molecule has 1 aliphatic rings. The summed E-state index contributed by atoms with van der Waals surface area (Å²) in [6, 6.07) is 7.13. The van der Waals surface area contributed by atoms with E-state index in [0.717, 1.165) is 11.3 Å². The van der Waals surface area contributed by atoms with E-state index >= 15 is 0 Å². The van der Waals surface area contributed by atoms with Crippen LogP contribution in [0.5, 0.6) is 5.88 Å². The summed E-state index contributed by atoms with van der Waals surface area (Å²) in [7, 11) is 0. The lowest BCUT2D eigenvalue weighted by Gasteiger charge is -2.30. The lowest BCUT2D eigenvalue weighted by atomic mass is 9.85. The Balaban J connectivity index is 1.34. The van der Waals surface area contributed by atoms with Crippen molar-refractivity contribution in [3.63, 3.8) is 0 Å². The molecule has 4 N–H and O–H groups in total. The SMILES string of the molecule is O=C(NCc1ccc(Cl)c(Nc2nc3nc(OCC(F)F)c(C(=O)N[C@H]4CC[C@H](C(F)(F)F)CC4)cc3[nH]2)c1Cl)c1ccc(Cl)s1. The zero-order valence-corrected chi connectivity index (χ0v) is 26.5. The Morgan fingerprint density at radius 2 is 1.78 bits per heavy atom. The summed E-state index contributed by atoms with van der Waals surface area (Å²) in [5, 5.41) is 8.74. The number of carbonyl (C=O) groups excluding carboxylic acids is 2. The Kier molecular flexibility index (Phi) is 10.4. The molecule has 0 unspecified atom stereocenters. The summed E-state index contributed by atoms with van der Waals surface area (Å²) >= 11 is 20.0. The van der Waals surface area contributed by atoms with Crippen LogP contribution < -0.4 is 20.7 Å². The Hall–Kier alpha value is -3.40. The molecule has 0 radical (unpaired) electrons. The Morgan fingerprint density at radius 1 is 1.04 bits per heavy atom. The van der Waals surface area contributed by atoms with E-state index in [1.165, 1.54) is 6.07 Å². The molecular weight excluding hydrogens is 702 g/mol. The number of nitrogens with zero attached hydrogens (tertiary/aromatic N) is 2. The smallest absolute Gasteiger partial charge is 0.391 e. The number of alkyl halides is 5. The minimum absolute atomic E-state index is 0.000673. The van der Waals surface area contributed by atoms with Crippen molar-refractivity contribution in [2.24, 2.45) is 5.92 Å². The first-order valence-electron chi connectivity index (χ1n) is 13.7. The van der Waals surface area contributed by atoms with Crippen LogP contribution in [0.2, 0.25) is 14.4 Å². The van der Waals surface area contributed by atoms with E-state index in [-0.39, 0.29) is 76.5 Å². The molecule has 4 aromatic rings. The molecule has 1 fully saturated rings. The highest BCUT2D eigenvalue weighted by atomic mass is 35.5. The number of aromatic nitrogens is 3. The van der Waals surface area contributed by atoms with E-state index in [0.29, 0.717) is 14.8 Å². The maximum absolute atomic E-state index is 13.2. The molecular formula is C28H24Cl3F5N6O3S. The van der Waals surface area contributed by atoms with Gasteiger partial charge in [0.15, 0.2) is 12.3 Å². The summed E-state index contributed by atoms with van der Waals surface area (Å²) in [6.07, 6.45) is -7.26. The zero-order chi connectivity index (χ0) is 33.2. The summed E-state index contributed by atoms with van der Waals surface area (Å²) in [4.78, 5) is 37.4. The number of imidazole rings is 1. The van der Waals surface area contributed by atoms with Gasteiger partial charge in [-0.1, -0.05) is 40.9 Å². The second kappa shape index (κ2) is 14.2. The first-order chi connectivity index (χ1) is 21.8. The molecule has 2 amide bonds. The number of thiophene rings is 1. The number of benzene rings is 1. The fraction of sp³-hybridized carbons (Fsp3) is 0.357. The minimum atomic E-state index is -4.31. The highest BCUT2D eigenvalue weighted by molar-refractivity contribution is 7.18. The summed E-state index contributed by atoms with van der Waals surface area (Å²) in [6.45, 7) is -0.999. The van der Waals surface area contributed by atoms with Gasteiger partial charge in [-0.25, -0.2) is 8.78 Å². The molecule has 1 saturated carbocycles. The van der Waals surface area contributed by atoms with Crippen LogP contribution in [0.3, 0.4) is 0 Å². The van der Waals surface area contributed by atoms with E-state index < -0.39 is 43.0 Å². The second-order valence-electron chi connectivity index (χ2n) is 10.4. The molecule has 9 nitrogen and oxygen atoms in total. The van der Waals surface area contributed by atoms with Gasteiger partial charge in [0, 0.05) is 12.6 Å². The van der Waals surface area contributed by atoms with Crippen LogP contribution in [0.4, 0.5) is 33.6 Å². The normalized spacial score (nSPS) is 16.9. The highest BCUT2D eigenvalue weighted by Crippen LogP contribution is 2.38. The lowest BCUT2D eigenvalue weighted by molar-refractivity contribution is -0.182. The van der Waals surface area contributed by atoms with Gasteiger partial charge in [0.1, 0.15) is 5.56 Å². The maximum Gasteiger partial charge on any atom is 0.391 e. The molecule has 0 saturated heterocycles. The van der Waals surface area contributed by atoms with Gasteiger partial charge in [0.25, 0.3) is 18.2 Å². The van der Waals surface area contributed by atoms with Crippen LogP contribution >= 0.6 is 46.1 Å². The first kappa shape index (κ1) is 33.9. The van der Waals surface area contributed by atoms with Gasteiger partial charge in [-0.3, -0.25) is 9.59 Å². The average Bonchev–Trinajstić information content (AvgIpc) is 3.62. The van der Waals surface area contributed by atoms with Crippen LogP contribution in [0.25, 0.3) is 11.2 Å². The summed E-state index contributed by atoms with van der Waals surface area (Å²) < 4.78 is 70.7. The Labute approximate surface area is 277 Å². The minimum Gasteiger partial charge on any atom is -0.471 e. The number of carbonyl (C=O) groups is 2. The first-order valence-corrected chi connectivity index (χ1v) is 15.7. The number of nitrogens with one attached hydrogen (secondary N) is 4. The van der Waals surface area contributed by atoms with Crippen molar-refractivity contribution < 1.29 is 36.3 Å². The third-order valence-electron chi connectivity index (χ3n) is 7.21. The van der Waals surface area contributed by atoms with Crippen LogP contribution in [0, 0.1) is 5.92 Å². The number of hydrogen-bond acceptors (Lipinski definition) is 7. The number of fused-ring (bicyclic) bond motifs is 1. The summed E-state index contributed by atoms with van der Waals surface area (Å²) in [5.74, 6) is -2.88. The second-order valence-corrected chi connectivity index (χ2v) is 12.9. The van der Waals surface area contributed by atoms with Crippen molar-refractivity contribution in [2.75, 3.05) is 11.9 Å². The lowest BCUT2D eigenvalue weighted by Crippen LogP contribution is -2.40. The molecule has 246 valence electrons. The Bertz CT molecular complexity index is 1740. The molecule has 0 bridgehead atoms. The van der Waals surface area contributed by atoms with Gasteiger partial charge in [-0.05, 0) is 55.5 Å². The molecule has 46 heavy (non-hydrogen) atoms. The Morgan fingerprint density at radius 3 is 2.43 bits per heavy atom. The number of anilines is 2. The highest BCUT2D eigenvalue weighted by Gasteiger charge is 2.41. The molecule has 0 atom stereocenters. The third-order valence-corrected chi connectivity index (χ3v) is 9.18. The van der Waals surface area contributed by atoms with E-state index in [1.54, 1.807) is 24.3 Å². The largest absolute Gasteiger partial charge is 0.471 e. The number of H-pyrrole nitrogens is 1. The van der Waals surface area contributed by atoms with Gasteiger partial charge in [-0.15, -0.1) is 11.3 Å². The standard InChI is InChI=1S/C28H24Cl3F5N6O3S/c29-16-6-1-12(10-37-25(44)18-7-8-19(30)46-18)21(31)22(16)40-27-39-17-9-15(26(41-23(17)42-27)45-11-20(32)33)24(43)38-14-4-2-13(3-5-14)28(34,35)36/h1,6-9,13-14,20H,2-5,10-11H2,(H,37,44)(H,38,43)(H2,39,40,41,42)/t13-,14-. The fourth-order valence-corrected chi connectivity index (χ4v) is 6.38. The predicted molar refractivity (Wildman–Crippen MR) is 165 cm³/mol. The van der Waals surface area contributed by atoms with Crippen molar-refractivity contribution >= 4 is 80.8 Å².